The van der Waals surface area contributed by atoms with Crippen molar-refractivity contribution in [3.63, 3.8) is 0 Å². The van der Waals surface area contributed by atoms with Gasteiger partial charge in [-0.25, -0.2) is 0 Å². The van der Waals surface area contributed by atoms with E-state index < -0.39 is 13.3 Å². The molecule has 3 aromatic carbocycles. The summed E-state index contributed by atoms with van der Waals surface area (Å²) in [6, 6.07) is 32.9. The number of carbonyl (C=O) groups is 1. The van der Waals surface area contributed by atoms with Gasteiger partial charge in [-0.3, -0.25) is 0 Å². The Labute approximate surface area is 152 Å². The fourth-order valence-electron chi connectivity index (χ4n) is 4.49. The van der Waals surface area contributed by atoms with E-state index >= 15 is 0 Å². The average molecular weight is 387 g/mol. The molecule has 1 fully saturated rings. The van der Waals surface area contributed by atoms with Crippen LogP contribution in [0.25, 0.3) is 0 Å². The molecule has 124 valence electrons. The zero-order valence-electron chi connectivity index (χ0n) is 14.3. The molecule has 0 bridgehead atoms. The Balaban J connectivity index is 2.03. The van der Waals surface area contributed by atoms with E-state index in [1.165, 1.54) is 13.2 Å². The van der Waals surface area contributed by atoms with Crippen molar-refractivity contribution in [1.82, 2.24) is 0 Å². The summed E-state index contributed by atoms with van der Waals surface area (Å²) in [7, 11) is 0. The molecule has 4 rings (SSSR count). The first kappa shape index (κ1) is 16.3. The van der Waals surface area contributed by atoms with Gasteiger partial charge in [0.2, 0.25) is 0 Å². The van der Waals surface area contributed by atoms with Gasteiger partial charge in [-0.05, 0) is 0 Å². The SMILES string of the molecule is O=C1CC[CH]([Ge]([c]2ccccc2)([c]2ccccc2)[c]2ccccc2)C1. The van der Waals surface area contributed by atoms with Crippen molar-refractivity contribution >= 4 is 32.2 Å². The maximum absolute atomic E-state index is 12.2. The first-order valence-electron chi connectivity index (χ1n) is 9.00. The molecule has 25 heavy (non-hydrogen) atoms. The van der Waals surface area contributed by atoms with Crippen LogP contribution in [0, 0.1) is 0 Å². The summed E-state index contributed by atoms with van der Waals surface area (Å²) in [5.74, 6) is 0.433. The minimum absolute atomic E-state index is 0.433. The Morgan fingerprint density at radius 3 is 1.36 bits per heavy atom. The minimum atomic E-state index is -2.94. The number of hydrogen-bond donors (Lipinski definition) is 0. The predicted octanol–water partition coefficient (Wildman–Crippen LogP) is 3.28. The van der Waals surface area contributed by atoms with Gasteiger partial charge in [-0.15, -0.1) is 0 Å². The first-order valence-corrected chi connectivity index (χ1v) is 13.4. The van der Waals surface area contributed by atoms with Crippen LogP contribution >= 0.6 is 0 Å². The molecule has 0 amide bonds. The second-order valence-electron chi connectivity index (χ2n) is 6.88. The van der Waals surface area contributed by atoms with Gasteiger partial charge in [0, 0.05) is 0 Å². The van der Waals surface area contributed by atoms with Crippen LogP contribution in [0.1, 0.15) is 19.3 Å². The fraction of sp³-hybridized carbons (Fsp3) is 0.174. The molecule has 0 aromatic heterocycles. The molecule has 0 heterocycles. The molecule has 0 spiro atoms. The van der Waals surface area contributed by atoms with E-state index in [1.54, 1.807) is 0 Å². The molecule has 0 aliphatic heterocycles. The van der Waals surface area contributed by atoms with Gasteiger partial charge < -0.3 is 0 Å². The molecular formula is C23H22GeO. The van der Waals surface area contributed by atoms with Gasteiger partial charge >= 0.3 is 152 Å². The molecule has 0 N–H and O–H groups in total. The summed E-state index contributed by atoms with van der Waals surface area (Å²) >= 11 is -2.94. The molecule has 0 saturated heterocycles. The van der Waals surface area contributed by atoms with E-state index in [9.17, 15) is 4.79 Å². The molecule has 2 heteroatoms. The Kier molecular flexibility index (Phi) is 4.58. The van der Waals surface area contributed by atoms with Crippen molar-refractivity contribution in [2.45, 2.75) is 24.0 Å². The summed E-state index contributed by atoms with van der Waals surface area (Å²) in [6.45, 7) is 0. The van der Waals surface area contributed by atoms with Gasteiger partial charge in [0.15, 0.2) is 0 Å². The third-order valence-corrected chi connectivity index (χ3v) is 17.0. The molecule has 1 aliphatic carbocycles. The van der Waals surface area contributed by atoms with Crippen LogP contribution in [-0.4, -0.2) is 19.0 Å². The average Bonchev–Trinajstić information content (AvgIpc) is 3.12. The van der Waals surface area contributed by atoms with E-state index in [0.717, 1.165) is 19.3 Å². The van der Waals surface area contributed by atoms with Crippen LogP contribution in [0.4, 0.5) is 0 Å². The van der Waals surface area contributed by atoms with E-state index in [4.69, 9.17) is 0 Å². The summed E-state index contributed by atoms with van der Waals surface area (Å²) in [5, 5.41) is 0. The molecular weight excluding hydrogens is 365 g/mol. The zero-order valence-corrected chi connectivity index (χ0v) is 16.4. The zero-order chi connectivity index (χ0) is 17.1. The fourth-order valence-corrected chi connectivity index (χ4v) is 16.4. The Bertz CT molecular complexity index is 746. The molecule has 1 saturated carbocycles. The van der Waals surface area contributed by atoms with E-state index in [0.29, 0.717) is 10.5 Å². The summed E-state index contributed by atoms with van der Waals surface area (Å²) in [4.78, 5) is 12.2. The molecule has 1 unspecified atom stereocenters. The van der Waals surface area contributed by atoms with Crippen LogP contribution in [0.15, 0.2) is 91.0 Å². The molecule has 1 atom stereocenters. The van der Waals surface area contributed by atoms with Crippen LogP contribution in [0.2, 0.25) is 4.75 Å². The third kappa shape index (κ3) is 2.87. The predicted molar refractivity (Wildman–Crippen MR) is 107 cm³/mol. The second kappa shape index (κ2) is 7.01. The van der Waals surface area contributed by atoms with Crippen molar-refractivity contribution in [3.8, 4) is 0 Å². The Hall–Kier alpha value is -2.13. The molecule has 1 aliphatic rings. The standard InChI is InChI=1S/C23H22GeO/c25-23-17-16-22(18-23)24(19-10-4-1-5-11-19,20-12-6-2-7-13-20)21-14-8-3-9-15-21/h1-15,22H,16-18H2. The van der Waals surface area contributed by atoms with Gasteiger partial charge in [0.1, 0.15) is 0 Å². The van der Waals surface area contributed by atoms with Gasteiger partial charge in [0.05, 0.1) is 0 Å². The monoisotopic (exact) mass is 388 g/mol. The maximum atomic E-state index is 12.2. The molecule has 0 radical (unpaired) electrons. The van der Waals surface area contributed by atoms with Crippen LogP contribution in [0.3, 0.4) is 0 Å². The van der Waals surface area contributed by atoms with Crippen LogP contribution in [-0.2, 0) is 4.79 Å². The van der Waals surface area contributed by atoms with Gasteiger partial charge in [-0.1, -0.05) is 0 Å². The summed E-state index contributed by atoms with van der Waals surface area (Å²) < 4.78 is 4.85. The van der Waals surface area contributed by atoms with Gasteiger partial charge in [-0.2, -0.15) is 0 Å². The molecule has 1 nitrogen and oxygen atoms in total. The van der Waals surface area contributed by atoms with Crippen molar-refractivity contribution in [2.75, 3.05) is 0 Å². The summed E-state index contributed by atoms with van der Waals surface area (Å²) in [6.07, 6.45) is 2.50. The normalized spacial score (nSPS) is 17.6. The van der Waals surface area contributed by atoms with Gasteiger partial charge in [0.25, 0.3) is 0 Å². The third-order valence-electron chi connectivity index (χ3n) is 5.55. The number of rotatable bonds is 4. The first-order chi connectivity index (χ1) is 12.3. The number of Topliss-reactive ketones (excluding diaryl/α,β-unsaturated/α-hetero) is 1. The quantitative estimate of drug-likeness (QED) is 0.629. The number of ketones is 1. The Morgan fingerprint density at radius 1 is 0.640 bits per heavy atom. The van der Waals surface area contributed by atoms with Crippen molar-refractivity contribution in [2.24, 2.45) is 0 Å². The van der Waals surface area contributed by atoms with Crippen LogP contribution in [0.5, 0.6) is 0 Å². The summed E-state index contributed by atoms with van der Waals surface area (Å²) in [5.41, 5.74) is 0. The van der Waals surface area contributed by atoms with E-state index in [1.807, 2.05) is 0 Å². The number of hydrogen-bond acceptors (Lipinski definition) is 1. The van der Waals surface area contributed by atoms with E-state index in [2.05, 4.69) is 91.0 Å². The van der Waals surface area contributed by atoms with Crippen LogP contribution < -0.4 is 13.2 Å². The topological polar surface area (TPSA) is 17.1 Å². The number of carbonyl (C=O) groups excluding carboxylic acids is 1. The second-order valence-corrected chi connectivity index (χ2v) is 15.6. The molecule has 3 aromatic rings. The number of benzene rings is 3. The van der Waals surface area contributed by atoms with Crippen molar-refractivity contribution in [1.29, 1.82) is 0 Å². The van der Waals surface area contributed by atoms with E-state index in [-0.39, 0.29) is 0 Å². The Morgan fingerprint density at radius 2 is 1.04 bits per heavy atom. The van der Waals surface area contributed by atoms with Crippen molar-refractivity contribution in [3.05, 3.63) is 91.0 Å². The van der Waals surface area contributed by atoms with Crippen molar-refractivity contribution < 1.29 is 4.79 Å².